The molecule has 33 heavy (non-hydrogen) atoms. The molecule has 1 amide bonds. The number of aromatic nitrogens is 7. The minimum absolute atomic E-state index is 0.159. The summed E-state index contributed by atoms with van der Waals surface area (Å²) in [5.74, 6) is 1.68. The smallest absolute Gasteiger partial charge is 0.267 e. The van der Waals surface area contributed by atoms with Crippen LogP contribution < -0.4 is 10.5 Å². The summed E-state index contributed by atoms with van der Waals surface area (Å²) in [6.07, 6.45) is 4.52. The van der Waals surface area contributed by atoms with Crippen LogP contribution in [-0.4, -0.2) is 71.7 Å². The molecule has 0 aliphatic carbocycles. The monoisotopic (exact) mass is 447 g/mol. The number of amides is 1. The van der Waals surface area contributed by atoms with Crippen molar-refractivity contribution in [3.05, 3.63) is 65.7 Å². The molecule has 1 aliphatic rings. The van der Waals surface area contributed by atoms with E-state index in [-0.39, 0.29) is 11.5 Å². The van der Waals surface area contributed by atoms with E-state index in [9.17, 15) is 9.59 Å². The highest BCUT2D eigenvalue weighted by molar-refractivity contribution is 5.80. The van der Waals surface area contributed by atoms with Crippen molar-refractivity contribution in [1.29, 1.82) is 0 Å². The van der Waals surface area contributed by atoms with Crippen molar-refractivity contribution in [3.63, 3.8) is 0 Å². The van der Waals surface area contributed by atoms with Gasteiger partial charge in [0, 0.05) is 32.2 Å². The summed E-state index contributed by atoms with van der Waals surface area (Å²) >= 11 is 0. The maximum atomic E-state index is 13.1. The van der Waals surface area contributed by atoms with Gasteiger partial charge in [0.05, 0.1) is 6.26 Å². The Labute approximate surface area is 188 Å². The molecule has 12 nitrogen and oxygen atoms in total. The Morgan fingerprint density at radius 1 is 1.03 bits per heavy atom. The van der Waals surface area contributed by atoms with E-state index >= 15 is 0 Å². The fourth-order valence-electron chi connectivity index (χ4n) is 3.72. The summed E-state index contributed by atoms with van der Waals surface area (Å²) in [6.45, 7) is 3.89. The first-order valence-electron chi connectivity index (χ1n) is 10.5. The average molecular weight is 447 g/mol. The van der Waals surface area contributed by atoms with Gasteiger partial charge in [-0.05, 0) is 37.3 Å². The van der Waals surface area contributed by atoms with Gasteiger partial charge in [-0.1, -0.05) is 0 Å². The second kappa shape index (κ2) is 8.65. The van der Waals surface area contributed by atoms with Crippen LogP contribution >= 0.6 is 0 Å². The molecule has 1 unspecified atom stereocenters. The normalized spacial score (nSPS) is 14.9. The van der Waals surface area contributed by atoms with Crippen LogP contribution in [0.5, 0.6) is 0 Å². The first kappa shape index (κ1) is 20.5. The highest BCUT2D eigenvalue weighted by Crippen LogP contribution is 2.18. The van der Waals surface area contributed by atoms with Gasteiger partial charge in [0.1, 0.15) is 24.4 Å². The lowest BCUT2D eigenvalue weighted by atomic mass is 10.2. The molecule has 4 aromatic rings. The molecule has 1 aliphatic heterocycles. The predicted molar refractivity (Wildman–Crippen MR) is 117 cm³/mol. The summed E-state index contributed by atoms with van der Waals surface area (Å²) in [4.78, 5) is 33.2. The molecule has 4 aromatic heterocycles. The number of rotatable bonds is 5. The molecule has 12 heteroatoms. The molecule has 1 saturated heterocycles. The van der Waals surface area contributed by atoms with Crippen LogP contribution in [0, 0.1) is 0 Å². The summed E-state index contributed by atoms with van der Waals surface area (Å²) in [6, 6.07) is 9.43. The van der Waals surface area contributed by atoms with E-state index in [2.05, 4.69) is 30.3 Å². The zero-order valence-electron chi connectivity index (χ0n) is 17.9. The lowest BCUT2D eigenvalue weighted by Crippen LogP contribution is -2.51. The van der Waals surface area contributed by atoms with E-state index in [4.69, 9.17) is 4.42 Å². The number of furan rings is 1. The van der Waals surface area contributed by atoms with Crippen LogP contribution in [0.1, 0.15) is 13.0 Å². The molecular formula is C21H21N9O3. The summed E-state index contributed by atoms with van der Waals surface area (Å²) in [5.41, 5.74) is 0.157. The van der Waals surface area contributed by atoms with E-state index < -0.39 is 6.04 Å². The van der Waals surface area contributed by atoms with Gasteiger partial charge in [-0.15, -0.1) is 10.2 Å². The molecular weight excluding hydrogens is 426 g/mol. The zero-order chi connectivity index (χ0) is 22.8. The lowest BCUT2D eigenvalue weighted by molar-refractivity contribution is -0.135. The maximum Gasteiger partial charge on any atom is 0.267 e. The van der Waals surface area contributed by atoms with E-state index in [1.807, 2.05) is 12.1 Å². The highest BCUT2D eigenvalue weighted by atomic mass is 16.3. The van der Waals surface area contributed by atoms with Crippen molar-refractivity contribution in [3.8, 4) is 17.3 Å². The van der Waals surface area contributed by atoms with Crippen LogP contribution in [0.25, 0.3) is 17.3 Å². The molecule has 0 radical (unpaired) electrons. The second-order valence-corrected chi connectivity index (χ2v) is 7.56. The zero-order valence-corrected chi connectivity index (χ0v) is 17.9. The van der Waals surface area contributed by atoms with Gasteiger partial charge in [0.2, 0.25) is 5.91 Å². The van der Waals surface area contributed by atoms with Crippen molar-refractivity contribution >= 4 is 11.7 Å². The average Bonchev–Trinajstić information content (AvgIpc) is 3.59. The van der Waals surface area contributed by atoms with E-state index in [0.717, 1.165) is 5.82 Å². The third-order valence-electron chi connectivity index (χ3n) is 5.53. The molecule has 5 heterocycles. The van der Waals surface area contributed by atoms with Gasteiger partial charge < -0.3 is 14.2 Å². The number of hydrogen-bond acceptors (Lipinski definition) is 9. The molecule has 5 rings (SSSR count). The summed E-state index contributed by atoms with van der Waals surface area (Å²) in [5, 5.41) is 16.8. The fraction of sp³-hybridized carbons (Fsp3) is 0.286. The van der Waals surface area contributed by atoms with E-state index in [1.54, 1.807) is 36.4 Å². The number of carbonyl (C=O) groups excluding carboxylic acids is 1. The van der Waals surface area contributed by atoms with Crippen molar-refractivity contribution in [2.45, 2.75) is 13.0 Å². The van der Waals surface area contributed by atoms with Gasteiger partial charge in [-0.3, -0.25) is 9.59 Å². The molecule has 1 atom stereocenters. The van der Waals surface area contributed by atoms with Gasteiger partial charge in [0.25, 0.3) is 5.56 Å². The lowest BCUT2D eigenvalue weighted by Gasteiger charge is -2.36. The third-order valence-corrected chi connectivity index (χ3v) is 5.53. The molecule has 0 bridgehead atoms. The topological polar surface area (TPSA) is 128 Å². The van der Waals surface area contributed by atoms with Crippen molar-refractivity contribution in [2.24, 2.45) is 0 Å². The molecule has 168 valence electrons. The largest absolute Gasteiger partial charge is 0.463 e. The molecule has 1 fully saturated rings. The minimum atomic E-state index is -0.735. The number of piperazine rings is 1. The van der Waals surface area contributed by atoms with Gasteiger partial charge >= 0.3 is 0 Å². The van der Waals surface area contributed by atoms with Gasteiger partial charge in [-0.25, -0.2) is 14.3 Å². The fourth-order valence-corrected chi connectivity index (χ4v) is 3.72. The minimum Gasteiger partial charge on any atom is -0.463 e. The summed E-state index contributed by atoms with van der Waals surface area (Å²) in [7, 11) is 0. The number of anilines is 1. The first-order chi connectivity index (χ1) is 16.1. The Morgan fingerprint density at radius 2 is 1.82 bits per heavy atom. The number of carbonyl (C=O) groups is 1. The van der Waals surface area contributed by atoms with E-state index in [0.29, 0.717) is 43.5 Å². The first-order valence-corrected chi connectivity index (χ1v) is 10.5. The molecule has 0 saturated carbocycles. The van der Waals surface area contributed by atoms with Crippen molar-refractivity contribution < 1.29 is 9.21 Å². The second-order valence-electron chi connectivity index (χ2n) is 7.56. The van der Waals surface area contributed by atoms with Crippen LogP contribution in [0.15, 0.2) is 64.5 Å². The van der Waals surface area contributed by atoms with Crippen LogP contribution in [0.4, 0.5) is 5.82 Å². The Balaban J connectivity index is 1.24. The van der Waals surface area contributed by atoms with Crippen molar-refractivity contribution in [2.75, 3.05) is 31.1 Å². The van der Waals surface area contributed by atoms with Crippen LogP contribution in [0.3, 0.4) is 0 Å². The van der Waals surface area contributed by atoms with Crippen molar-refractivity contribution in [1.82, 2.24) is 39.6 Å². The Morgan fingerprint density at radius 3 is 2.48 bits per heavy atom. The quantitative estimate of drug-likeness (QED) is 0.436. The molecule has 0 aromatic carbocycles. The predicted octanol–water partition coefficient (Wildman–Crippen LogP) is 0.784. The van der Waals surface area contributed by atoms with Crippen LogP contribution in [-0.2, 0) is 4.79 Å². The maximum absolute atomic E-state index is 13.1. The SMILES string of the molecule is CC(C(=O)N1CCN(c2ccc(-n3cncn3)nn2)CC1)n1nc(-c2ccco2)ccc1=O. The molecule has 0 N–H and O–H groups in total. The highest BCUT2D eigenvalue weighted by Gasteiger charge is 2.28. The number of nitrogens with zero attached hydrogens (tertiary/aromatic N) is 9. The Hall–Kier alpha value is -4.35. The standard InChI is InChI=1S/C21H21N9O3/c1-15(30-20(31)7-4-16(26-30)17-3-2-12-33-17)21(32)28-10-8-27(9-11-28)18-5-6-19(25-24-18)29-14-22-13-23-29/h2-7,12-15H,8-11H2,1H3. The summed E-state index contributed by atoms with van der Waals surface area (Å²) < 4.78 is 8.10. The Kier molecular flexibility index (Phi) is 5.39. The van der Waals surface area contributed by atoms with Crippen LogP contribution in [0.2, 0.25) is 0 Å². The van der Waals surface area contributed by atoms with E-state index in [1.165, 1.54) is 28.0 Å². The Bertz CT molecular complexity index is 1280. The van der Waals surface area contributed by atoms with Gasteiger partial charge in [-0.2, -0.15) is 10.2 Å². The molecule has 0 spiro atoms. The number of hydrogen-bond donors (Lipinski definition) is 0. The van der Waals surface area contributed by atoms with Gasteiger partial charge in [0.15, 0.2) is 17.4 Å². The third kappa shape index (κ3) is 4.10.